The van der Waals surface area contributed by atoms with Crippen LogP contribution in [0, 0.1) is 0 Å². The first-order chi connectivity index (χ1) is 13.3. The molecule has 2 aliphatic rings. The fourth-order valence-electron chi connectivity index (χ4n) is 4.28. The second-order valence-electron chi connectivity index (χ2n) is 8.49. The molecule has 28 heavy (non-hydrogen) atoms. The topological polar surface area (TPSA) is 35.9 Å². The summed E-state index contributed by atoms with van der Waals surface area (Å²) in [5, 5.41) is 5.96. The first-order valence-electron chi connectivity index (χ1n) is 9.82. The summed E-state index contributed by atoms with van der Waals surface area (Å²) in [5.41, 5.74) is 6.01. The standard InChI is InChI=1S/C24H27N3O/c1-16-15-24(3,4)26(5)22-12-11-18(13-20(16)22)14-21-17(2)25-27(23(21)28)19-9-7-6-8-10-19/h6-14,16H,15H2,1-5H3/b21-14+/t16-/m0/s1. The SMILES string of the molecule is CC1=NN(c2ccccc2)C(=O)/C1=C/c1ccc2c(c1)[C@@H](C)CC(C)(C)N2C. The molecule has 0 unspecified atom stereocenters. The Labute approximate surface area is 167 Å². The molecule has 0 N–H and O–H groups in total. The average molecular weight is 374 g/mol. The van der Waals surface area contributed by atoms with Crippen LogP contribution in [-0.2, 0) is 4.79 Å². The molecular weight excluding hydrogens is 346 g/mol. The van der Waals surface area contributed by atoms with Crippen molar-refractivity contribution in [1.82, 2.24) is 0 Å². The largest absolute Gasteiger partial charge is 0.369 e. The van der Waals surface area contributed by atoms with Gasteiger partial charge in [-0.25, -0.2) is 0 Å². The number of anilines is 2. The molecule has 0 bridgehead atoms. The number of hydrogen-bond acceptors (Lipinski definition) is 3. The molecule has 0 aliphatic carbocycles. The molecule has 1 atom stereocenters. The summed E-state index contributed by atoms with van der Waals surface area (Å²) in [6, 6.07) is 16.1. The van der Waals surface area contributed by atoms with E-state index in [2.05, 4.69) is 56.0 Å². The molecule has 0 radical (unpaired) electrons. The van der Waals surface area contributed by atoms with Crippen LogP contribution in [0.25, 0.3) is 6.08 Å². The minimum absolute atomic E-state index is 0.0762. The highest BCUT2D eigenvalue weighted by atomic mass is 16.2. The number of carbonyl (C=O) groups excluding carboxylic acids is 1. The number of rotatable bonds is 2. The molecule has 0 saturated heterocycles. The van der Waals surface area contributed by atoms with Crippen molar-refractivity contribution in [2.24, 2.45) is 5.10 Å². The van der Waals surface area contributed by atoms with Crippen LogP contribution in [0.3, 0.4) is 0 Å². The second-order valence-corrected chi connectivity index (χ2v) is 8.49. The van der Waals surface area contributed by atoms with Crippen LogP contribution in [0.4, 0.5) is 11.4 Å². The van der Waals surface area contributed by atoms with Crippen molar-refractivity contribution < 1.29 is 4.79 Å². The number of hydrogen-bond donors (Lipinski definition) is 0. The van der Waals surface area contributed by atoms with Gasteiger partial charge in [0.05, 0.1) is 17.0 Å². The molecule has 0 fully saturated rings. The molecule has 144 valence electrons. The van der Waals surface area contributed by atoms with Crippen LogP contribution < -0.4 is 9.91 Å². The van der Waals surface area contributed by atoms with E-state index in [0.29, 0.717) is 11.5 Å². The van der Waals surface area contributed by atoms with Gasteiger partial charge in [-0.1, -0.05) is 31.2 Å². The predicted molar refractivity (Wildman–Crippen MR) is 117 cm³/mol. The van der Waals surface area contributed by atoms with E-state index in [1.807, 2.05) is 43.3 Å². The minimum Gasteiger partial charge on any atom is -0.369 e. The number of carbonyl (C=O) groups is 1. The number of nitrogens with zero attached hydrogens (tertiary/aromatic N) is 3. The molecule has 0 saturated carbocycles. The van der Waals surface area contributed by atoms with Crippen molar-refractivity contribution in [3.05, 3.63) is 65.2 Å². The maximum Gasteiger partial charge on any atom is 0.280 e. The van der Waals surface area contributed by atoms with Gasteiger partial charge in [-0.3, -0.25) is 4.79 Å². The molecule has 2 heterocycles. The van der Waals surface area contributed by atoms with Crippen molar-refractivity contribution in [3.63, 3.8) is 0 Å². The maximum atomic E-state index is 12.9. The summed E-state index contributed by atoms with van der Waals surface area (Å²) in [7, 11) is 2.16. The number of benzene rings is 2. The van der Waals surface area contributed by atoms with Crippen molar-refractivity contribution in [3.8, 4) is 0 Å². The normalized spacial score (nSPS) is 22.5. The molecule has 0 spiro atoms. The zero-order valence-corrected chi connectivity index (χ0v) is 17.2. The fourth-order valence-corrected chi connectivity index (χ4v) is 4.28. The average Bonchev–Trinajstić information content (AvgIpc) is 2.95. The van der Waals surface area contributed by atoms with Gasteiger partial charge in [0.1, 0.15) is 0 Å². The smallest absolute Gasteiger partial charge is 0.280 e. The Hall–Kier alpha value is -2.88. The predicted octanol–water partition coefficient (Wildman–Crippen LogP) is 5.21. The summed E-state index contributed by atoms with van der Waals surface area (Å²) in [5.74, 6) is 0.405. The fraction of sp³-hybridized carbons (Fsp3) is 0.333. The molecule has 2 aliphatic heterocycles. The highest BCUT2D eigenvalue weighted by molar-refractivity contribution is 6.32. The Bertz CT molecular complexity index is 988. The van der Waals surface area contributed by atoms with Gasteiger partial charge in [0.15, 0.2) is 0 Å². The van der Waals surface area contributed by atoms with Crippen LogP contribution in [-0.4, -0.2) is 24.2 Å². The minimum atomic E-state index is -0.0762. The lowest BCUT2D eigenvalue weighted by Crippen LogP contribution is -2.45. The van der Waals surface area contributed by atoms with E-state index in [9.17, 15) is 4.79 Å². The van der Waals surface area contributed by atoms with E-state index in [1.165, 1.54) is 16.3 Å². The van der Waals surface area contributed by atoms with Gasteiger partial charge in [-0.2, -0.15) is 10.1 Å². The quantitative estimate of drug-likeness (QED) is 0.677. The first-order valence-corrected chi connectivity index (χ1v) is 9.82. The maximum absolute atomic E-state index is 12.9. The zero-order chi connectivity index (χ0) is 20.1. The number of amides is 1. The molecule has 4 heteroatoms. The van der Waals surface area contributed by atoms with Crippen LogP contribution in [0.5, 0.6) is 0 Å². The molecule has 2 aromatic carbocycles. The highest BCUT2D eigenvalue weighted by Crippen LogP contribution is 2.42. The second kappa shape index (κ2) is 6.62. The van der Waals surface area contributed by atoms with E-state index in [1.54, 1.807) is 0 Å². The van der Waals surface area contributed by atoms with Crippen LogP contribution in [0.1, 0.15) is 51.2 Å². The van der Waals surface area contributed by atoms with E-state index < -0.39 is 0 Å². The Balaban J connectivity index is 1.68. The van der Waals surface area contributed by atoms with Gasteiger partial charge < -0.3 is 4.90 Å². The zero-order valence-electron chi connectivity index (χ0n) is 17.2. The molecular formula is C24H27N3O. The van der Waals surface area contributed by atoms with Gasteiger partial charge in [-0.05, 0) is 74.6 Å². The Morgan fingerprint density at radius 2 is 1.86 bits per heavy atom. The van der Waals surface area contributed by atoms with Crippen LogP contribution in [0.2, 0.25) is 0 Å². The lowest BCUT2D eigenvalue weighted by atomic mass is 9.80. The van der Waals surface area contributed by atoms with Gasteiger partial charge >= 0.3 is 0 Å². The van der Waals surface area contributed by atoms with Crippen molar-refractivity contribution in [2.75, 3.05) is 17.0 Å². The Morgan fingerprint density at radius 3 is 2.57 bits per heavy atom. The van der Waals surface area contributed by atoms with E-state index >= 15 is 0 Å². The lowest BCUT2D eigenvalue weighted by molar-refractivity contribution is -0.114. The molecule has 1 amide bonds. The van der Waals surface area contributed by atoms with Gasteiger partial charge in [0, 0.05) is 18.3 Å². The first kappa shape index (κ1) is 18.5. The summed E-state index contributed by atoms with van der Waals surface area (Å²) in [6.45, 7) is 8.76. The Kier molecular flexibility index (Phi) is 4.37. The van der Waals surface area contributed by atoms with Crippen LogP contribution >= 0.6 is 0 Å². The van der Waals surface area contributed by atoms with Crippen molar-refractivity contribution in [1.29, 1.82) is 0 Å². The number of para-hydroxylation sites is 1. The third-order valence-corrected chi connectivity index (χ3v) is 6.03. The van der Waals surface area contributed by atoms with E-state index in [0.717, 1.165) is 23.4 Å². The van der Waals surface area contributed by atoms with Crippen molar-refractivity contribution in [2.45, 2.75) is 45.6 Å². The summed E-state index contributed by atoms with van der Waals surface area (Å²) < 4.78 is 0. The monoisotopic (exact) mass is 373 g/mol. The van der Waals surface area contributed by atoms with Gasteiger partial charge in [0.25, 0.3) is 5.91 Å². The van der Waals surface area contributed by atoms with Crippen molar-refractivity contribution >= 4 is 29.1 Å². The van der Waals surface area contributed by atoms with E-state index in [-0.39, 0.29) is 11.4 Å². The third kappa shape index (κ3) is 3.03. The summed E-state index contributed by atoms with van der Waals surface area (Å²) in [4.78, 5) is 15.3. The lowest BCUT2D eigenvalue weighted by Gasteiger charge is -2.45. The molecule has 4 nitrogen and oxygen atoms in total. The molecule has 4 rings (SSSR count). The van der Waals surface area contributed by atoms with Gasteiger partial charge in [0.2, 0.25) is 0 Å². The Morgan fingerprint density at radius 1 is 1.14 bits per heavy atom. The molecule has 2 aromatic rings. The third-order valence-electron chi connectivity index (χ3n) is 6.03. The highest BCUT2D eigenvalue weighted by Gasteiger charge is 2.34. The molecule has 0 aromatic heterocycles. The van der Waals surface area contributed by atoms with E-state index in [4.69, 9.17) is 0 Å². The summed E-state index contributed by atoms with van der Waals surface area (Å²) in [6.07, 6.45) is 3.08. The van der Waals surface area contributed by atoms with Crippen LogP contribution in [0.15, 0.2) is 59.2 Å². The number of fused-ring (bicyclic) bond motifs is 1. The number of hydrazone groups is 1. The van der Waals surface area contributed by atoms with Gasteiger partial charge in [-0.15, -0.1) is 0 Å². The summed E-state index contributed by atoms with van der Waals surface area (Å²) >= 11 is 0.